The maximum absolute atomic E-state index is 12.3. The molecule has 1 saturated carbocycles. The topological polar surface area (TPSA) is 58.2 Å². The van der Waals surface area contributed by atoms with Crippen LogP contribution in [0.25, 0.3) is 0 Å². The molecule has 1 aliphatic carbocycles. The molecule has 1 fully saturated rings. The summed E-state index contributed by atoms with van der Waals surface area (Å²) in [4.78, 5) is 0.374. The van der Waals surface area contributed by atoms with Crippen molar-refractivity contribution in [1.82, 2.24) is 10.0 Å². The SMILES string of the molecule is CCc1ccc(S(=O)(=O)NCC2CCC2)cc1CNC. The Morgan fingerprint density at radius 1 is 1.25 bits per heavy atom. The highest BCUT2D eigenvalue weighted by Gasteiger charge is 2.21. The number of nitrogens with one attached hydrogen (secondary N) is 2. The van der Waals surface area contributed by atoms with Crippen molar-refractivity contribution in [3.63, 3.8) is 0 Å². The lowest BCUT2D eigenvalue weighted by Gasteiger charge is -2.25. The second-order valence-corrected chi connectivity index (χ2v) is 7.23. The second-order valence-electron chi connectivity index (χ2n) is 5.46. The fourth-order valence-corrected chi connectivity index (χ4v) is 3.64. The van der Waals surface area contributed by atoms with Crippen LogP contribution in [0.15, 0.2) is 23.1 Å². The first-order chi connectivity index (χ1) is 9.56. The molecule has 112 valence electrons. The average molecular weight is 296 g/mol. The molecule has 1 aliphatic rings. The van der Waals surface area contributed by atoms with Crippen LogP contribution in [0, 0.1) is 5.92 Å². The molecule has 0 unspecified atom stereocenters. The number of hydrogen-bond acceptors (Lipinski definition) is 3. The molecule has 5 heteroatoms. The van der Waals surface area contributed by atoms with Crippen LogP contribution in [-0.2, 0) is 23.0 Å². The van der Waals surface area contributed by atoms with E-state index in [0.29, 0.717) is 23.9 Å². The summed E-state index contributed by atoms with van der Waals surface area (Å²) < 4.78 is 27.3. The minimum Gasteiger partial charge on any atom is -0.316 e. The van der Waals surface area contributed by atoms with E-state index in [9.17, 15) is 8.42 Å². The van der Waals surface area contributed by atoms with E-state index in [-0.39, 0.29) is 0 Å². The molecule has 4 nitrogen and oxygen atoms in total. The number of benzene rings is 1. The van der Waals surface area contributed by atoms with Crippen LogP contribution >= 0.6 is 0 Å². The van der Waals surface area contributed by atoms with Crippen LogP contribution in [0.1, 0.15) is 37.3 Å². The predicted octanol–water partition coefficient (Wildman–Crippen LogP) is 2.05. The first-order valence-electron chi connectivity index (χ1n) is 7.33. The highest BCUT2D eigenvalue weighted by atomic mass is 32.2. The van der Waals surface area contributed by atoms with Crippen molar-refractivity contribution in [2.24, 2.45) is 5.92 Å². The maximum atomic E-state index is 12.3. The first kappa shape index (κ1) is 15.5. The molecule has 0 atom stereocenters. The smallest absolute Gasteiger partial charge is 0.240 e. The van der Waals surface area contributed by atoms with E-state index in [4.69, 9.17) is 0 Å². The third-order valence-corrected chi connectivity index (χ3v) is 5.44. The standard InChI is InChI=1S/C15H24N2O2S/c1-3-13-7-8-15(9-14(13)11-16-2)20(18,19)17-10-12-5-4-6-12/h7-9,12,16-17H,3-6,10-11H2,1-2H3. The average Bonchev–Trinajstić information content (AvgIpc) is 2.37. The summed E-state index contributed by atoms with van der Waals surface area (Å²) in [5, 5.41) is 3.09. The fraction of sp³-hybridized carbons (Fsp3) is 0.600. The Morgan fingerprint density at radius 2 is 2.00 bits per heavy atom. The highest BCUT2D eigenvalue weighted by Crippen LogP contribution is 2.26. The summed E-state index contributed by atoms with van der Waals surface area (Å²) in [5.41, 5.74) is 2.25. The van der Waals surface area contributed by atoms with E-state index in [1.807, 2.05) is 13.1 Å². The van der Waals surface area contributed by atoms with E-state index < -0.39 is 10.0 Å². The number of hydrogen-bond donors (Lipinski definition) is 2. The highest BCUT2D eigenvalue weighted by molar-refractivity contribution is 7.89. The van der Waals surface area contributed by atoms with Gasteiger partial charge in [0.1, 0.15) is 0 Å². The van der Waals surface area contributed by atoms with Crippen LogP contribution in [-0.4, -0.2) is 22.0 Å². The van der Waals surface area contributed by atoms with E-state index >= 15 is 0 Å². The summed E-state index contributed by atoms with van der Waals surface area (Å²) in [6.07, 6.45) is 4.42. The van der Waals surface area contributed by atoms with Gasteiger partial charge >= 0.3 is 0 Å². The summed E-state index contributed by atoms with van der Waals surface area (Å²) in [6, 6.07) is 5.42. The molecule has 0 saturated heterocycles. The minimum absolute atomic E-state index is 0.374. The lowest BCUT2D eigenvalue weighted by molar-refractivity contribution is 0.316. The Morgan fingerprint density at radius 3 is 2.55 bits per heavy atom. The molecule has 0 heterocycles. The van der Waals surface area contributed by atoms with Gasteiger partial charge in [-0.2, -0.15) is 0 Å². The normalized spacial score (nSPS) is 16.1. The molecule has 20 heavy (non-hydrogen) atoms. The Hall–Kier alpha value is -0.910. The van der Waals surface area contributed by atoms with Crippen molar-refractivity contribution in [2.45, 2.75) is 44.0 Å². The Bertz CT molecular complexity index is 551. The van der Waals surface area contributed by atoms with Gasteiger partial charge in [0.05, 0.1) is 4.90 Å². The van der Waals surface area contributed by atoms with Crippen molar-refractivity contribution in [3.8, 4) is 0 Å². The molecule has 0 spiro atoms. The van der Waals surface area contributed by atoms with Gasteiger partial charge in [0.2, 0.25) is 10.0 Å². The van der Waals surface area contributed by atoms with Crippen molar-refractivity contribution in [2.75, 3.05) is 13.6 Å². The summed E-state index contributed by atoms with van der Waals surface area (Å²) >= 11 is 0. The molecule has 1 aromatic rings. The van der Waals surface area contributed by atoms with Gasteiger partial charge in [0.15, 0.2) is 0 Å². The predicted molar refractivity (Wildman–Crippen MR) is 81.1 cm³/mol. The largest absolute Gasteiger partial charge is 0.316 e. The van der Waals surface area contributed by atoms with Crippen LogP contribution in [0.4, 0.5) is 0 Å². The van der Waals surface area contributed by atoms with Crippen molar-refractivity contribution in [1.29, 1.82) is 0 Å². The third kappa shape index (κ3) is 3.59. The van der Waals surface area contributed by atoms with Gasteiger partial charge in [0.25, 0.3) is 0 Å². The van der Waals surface area contributed by atoms with E-state index in [2.05, 4.69) is 17.0 Å². The molecule has 1 aromatic carbocycles. The summed E-state index contributed by atoms with van der Waals surface area (Å²) in [7, 11) is -1.50. The van der Waals surface area contributed by atoms with Gasteiger partial charge in [-0.25, -0.2) is 13.1 Å². The lowest BCUT2D eigenvalue weighted by Crippen LogP contribution is -2.32. The number of aryl methyl sites for hydroxylation is 1. The van der Waals surface area contributed by atoms with E-state index in [1.165, 1.54) is 12.0 Å². The fourth-order valence-electron chi connectivity index (χ4n) is 2.48. The Balaban J connectivity index is 2.15. The summed E-state index contributed by atoms with van der Waals surface area (Å²) in [5.74, 6) is 0.525. The number of rotatable bonds is 7. The van der Waals surface area contributed by atoms with Gasteiger partial charge in [-0.15, -0.1) is 0 Å². The summed E-state index contributed by atoms with van der Waals surface area (Å²) in [6.45, 7) is 3.34. The van der Waals surface area contributed by atoms with E-state index in [0.717, 1.165) is 24.8 Å². The Kier molecular flexibility index (Phi) is 5.18. The van der Waals surface area contributed by atoms with Crippen molar-refractivity contribution >= 4 is 10.0 Å². The third-order valence-electron chi connectivity index (χ3n) is 4.02. The zero-order valence-corrected chi connectivity index (χ0v) is 13.1. The van der Waals surface area contributed by atoms with Gasteiger partial charge in [-0.05, 0) is 55.5 Å². The number of sulfonamides is 1. The molecule has 0 aromatic heterocycles. The molecule has 0 aliphatic heterocycles. The first-order valence-corrected chi connectivity index (χ1v) is 8.81. The second kappa shape index (κ2) is 6.70. The lowest BCUT2D eigenvalue weighted by atomic mass is 9.86. The maximum Gasteiger partial charge on any atom is 0.240 e. The molecule has 0 amide bonds. The van der Waals surface area contributed by atoms with Crippen molar-refractivity contribution in [3.05, 3.63) is 29.3 Å². The van der Waals surface area contributed by atoms with Gasteiger partial charge in [-0.1, -0.05) is 19.4 Å². The van der Waals surface area contributed by atoms with Crippen LogP contribution < -0.4 is 10.0 Å². The molecular weight excluding hydrogens is 272 g/mol. The molecule has 2 rings (SSSR count). The van der Waals surface area contributed by atoms with Crippen LogP contribution in [0.2, 0.25) is 0 Å². The molecule has 0 radical (unpaired) electrons. The zero-order valence-electron chi connectivity index (χ0n) is 12.3. The van der Waals surface area contributed by atoms with Crippen molar-refractivity contribution < 1.29 is 8.42 Å². The van der Waals surface area contributed by atoms with Crippen LogP contribution in [0.5, 0.6) is 0 Å². The van der Waals surface area contributed by atoms with Crippen LogP contribution in [0.3, 0.4) is 0 Å². The van der Waals surface area contributed by atoms with Gasteiger partial charge in [0, 0.05) is 13.1 Å². The quantitative estimate of drug-likeness (QED) is 0.809. The van der Waals surface area contributed by atoms with Gasteiger partial charge in [-0.3, -0.25) is 0 Å². The monoisotopic (exact) mass is 296 g/mol. The van der Waals surface area contributed by atoms with Gasteiger partial charge < -0.3 is 5.32 Å². The van der Waals surface area contributed by atoms with E-state index in [1.54, 1.807) is 12.1 Å². The molecule has 2 N–H and O–H groups in total. The molecule has 0 bridgehead atoms. The molecular formula is C15H24N2O2S. The Labute approximate surface area is 122 Å². The minimum atomic E-state index is -3.38. The zero-order chi connectivity index (χ0) is 14.6.